The standard InChI is InChI=1S/C7H10N2O/c1-10-5-7-3-2-6(8)4-9-7/h2-4H,5,8H2,1H3/i1D3,2D,3D,4D,5D2. The minimum Gasteiger partial charge on any atom is -0.397 e. The van der Waals surface area contributed by atoms with E-state index in [9.17, 15) is 0 Å². The van der Waals surface area contributed by atoms with Crippen molar-refractivity contribution >= 4 is 5.69 Å². The summed E-state index contributed by atoms with van der Waals surface area (Å²) in [5.74, 6) is 0. The van der Waals surface area contributed by atoms with Gasteiger partial charge >= 0.3 is 0 Å². The zero-order valence-corrected chi connectivity index (χ0v) is 4.93. The highest BCUT2D eigenvalue weighted by Gasteiger charge is 1.90. The van der Waals surface area contributed by atoms with Crippen molar-refractivity contribution in [2.24, 2.45) is 0 Å². The van der Waals surface area contributed by atoms with Gasteiger partial charge in [0.15, 0.2) is 0 Å². The molecule has 10 heavy (non-hydrogen) atoms. The van der Waals surface area contributed by atoms with E-state index in [4.69, 9.17) is 16.7 Å². The number of nitrogens with zero attached hydrogens (tertiary/aromatic N) is 1. The first kappa shape index (κ1) is 1.95. The van der Waals surface area contributed by atoms with Gasteiger partial charge in [-0.25, -0.2) is 0 Å². The van der Waals surface area contributed by atoms with Gasteiger partial charge in [-0.05, 0) is 12.1 Å². The number of aromatic nitrogens is 1. The quantitative estimate of drug-likeness (QED) is 0.671. The zero-order chi connectivity index (χ0) is 14.3. The molecular formula is C7H10N2O. The van der Waals surface area contributed by atoms with Crippen molar-refractivity contribution in [3.05, 3.63) is 24.0 Å². The summed E-state index contributed by atoms with van der Waals surface area (Å²) in [7, 11) is -3.04. The lowest BCUT2D eigenvalue weighted by Gasteiger charge is -1.97. The maximum Gasteiger partial charge on any atom is 0.0884 e. The van der Waals surface area contributed by atoms with E-state index >= 15 is 0 Å². The fraction of sp³-hybridized carbons (Fsp3) is 0.286. The van der Waals surface area contributed by atoms with Crippen molar-refractivity contribution < 1.29 is 15.7 Å². The molecule has 2 N–H and O–H groups in total. The van der Waals surface area contributed by atoms with Crippen molar-refractivity contribution in [2.45, 2.75) is 6.56 Å². The molecule has 3 heteroatoms. The van der Waals surface area contributed by atoms with Crippen LogP contribution in [0.25, 0.3) is 0 Å². The molecule has 0 saturated heterocycles. The molecule has 1 rings (SSSR count). The van der Waals surface area contributed by atoms with Crippen LogP contribution in [-0.4, -0.2) is 12.0 Å². The minimum atomic E-state index is -3.04. The Hall–Kier alpha value is -1.09. The second-order valence-corrected chi connectivity index (χ2v) is 1.44. The topological polar surface area (TPSA) is 48.1 Å². The van der Waals surface area contributed by atoms with E-state index in [1.165, 1.54) is 0 Å². The Kier molecular flexibility index (Phi) is 0.619. The second kappa shape index (κ2) is 3.17. The number of rotatable bonds is 2. The lowest BCUT2D eigenvalue weighted by molar-refractivity contribution is 0.181. The number of methoxy groups -OCH3 is 1. The van der Waals surface area contributed by atoms with Crippen LogP contribution in [-0.2, 0) is 11.3 Å². The van der Waals surface area contributed by atoms with Gasteiger partial charge in [0, 0.05) is 7.04 Å². The molecule has 0 amide bonds. The molecule has 0 aliphatic carbocycles. The van der Waals surface area contributed by atoms with Crippen molar-refractivity contribution in [2.75, 3.05) is 12.8 Å². The summed E-state index contributed by atoms with van der Waals surface area (Å²) in [6.45, 7) is -2.92. The highest BCUT2D eigenvalue weighted by molar-refractivity contribution is 5.34. The van der Waals surface area contributed by atoms with Crippen molar-refractivity contribution in [1.82, 2.24) is 4.98 Å². The third kappa shape index (κ3) is 1.70. The van der Waals surface area contributed by atoms with E-state index in [0.717, 1.165) is 0 Å². The molecule has 0 aromatic carbocycles. The fourth-order valence-corrected chi connectivity index (χ4v) is 0.395. The van der Waals surface area contributed by atoms with Gasteiger partial charge in [-0.2, -0.15) is 0 Å². The average molecular weight is 146 g/mol. The van der Waals surface area contributed by atoms with Crippen LogP contribution in [0.3, 0.4) is 0 Å². The van der Waals surface area contributed by atoms with Gasteiger partial charge in [0.25, 0.3) is 0 Å². The van der Waals surface area contributed by atoms with Crippen LogP contribution >= 0.6 is 0 Å². The van der Waals surface area contributed by atoms with Gasteiger partial charge in [-0.15, -0.1) is 0 Å². The van der Waals surface area contributed by atoms with Gasteiger partial charge in [0.1, 0.15) is 0 Å². The van der Waals surface area contributed by atoms with Crippen LogP contribution < -0.4 is 5.73 Å². The molecule has 0 bridgehead atoms. The number of anilines is 1. The first-order valence-corrected chi connectivity index (χ1v) is 2.39. The third-order valence-electron chi connectivity index (χ3n) is 0.751. The molecule has 0 spiro atoms. The summed E-state index contributed by atoms with van der Waals surface area (Å²) in [6, 6.07) is -1.30. The summed E-state index contributed by atoms with van der Waals surface area (Å²) in [5, 5.41) is 0. The maximum atomic E-state index is 7.48. The predicted molar refractivity (Wildman–Crippen MR) is 39.4 cm³/mol. The summed E-state index contributed by atoms with van der Waals surface area (Å²) >= 11 is 0. The smallest absolute Gasteiger partial charge is 0.0884 e. The predicted octanol–water partition coefficient (Wildman–Crippen LogP) is 0.810. The normalized spacial score (nSPS) is 24.0. The summed E-state index contributed by atoms with van der Waals surface area (Å²) < 4.78 is 61.7. The molecule has 0 aliphatic heterocycles. The monoisotopic (exact) mass is 146 g/mol. The molecule has 0 saturated carbocycles. The fourth-order valence-electron chi connectivity index (χ4n) is 0.395. The van der Waals surface area contributed by atoms with E-state index in [2.05, 4.69) is 9.72 Å². The number of nitrogen functional groups attached to an aromatic ring is 1. The van der Waals surface area contributed by atoms with Crippen molar-refractivity contribution in [3.63, 3.8) is 0 Å². The van der Waals surface area contributed by atoms with Crippen LogP contribution in [0, 0.1) is 0 Å². The zero-order valence-electron chi connectivity index (χ0n) is 12.9. The number of hydrogen-bond acceptors (Lipinski definition) is 3. The Balaban J connectivity index is 3.33. The van der Waals surface area contributed by atoms with Crippen LogP contribution in [0.1, 0.15) is 16.7 Å². The highest BCUT2D eigenvalue weighted by Crippen LogP contribution is 2.01. The Morgan fingerprint density at radius 1 is 2.00 bits per heavy atom. The Morgan fingerprint density at radius 2 is 2.90 bits per heavy atom. The van der Waals surface area contributed by atoms with E-state index < -0.39 is 37.5 Å². The Morgan fingerprint density at radius 3 is 3.70 bits per heavy atom. The molecule has 54 valence electrons. The molecule has 1 aromatic rings. The number of nitrogens with two attached hydrogens (primary N) is 1. The first-order chi connectivity index (χ1) is 7.96. The SMILES string of the molecule is [2H]c1nc(C([2H])([2H])OC([2H])([2H])[2H])c([2H])c([2H])c1N. The van der Waals surface area contributed by atoms with Gasteiger partial charge in [-0.3, -0.25) is 4.98 Å². The molecule has 0 atom stereocenters. The molecule has 1 heterocycles. The molecule has 1 aromatic heterocycles. The van der Waals surface area contributed by atoms with E-state index in [1.54, 1.807) is 0 Å². The van der Waals surface area contributed by atoms with E-state index in [0.29, 0.717) is 0 Å². The largest absolute Gasteiger partial charge is 0.397 e. The van der Waals surface area contributed by atoms with Gasteiger partial charge in [0.05, 0.1) is 35.1 Å². The summed E-state index contributed by atoms with van der Waals surface area (Å²) in [5.41, 5.74) is 4.15. The van der Waals surface area contributed by atoms with Gasteiger partial charge < -0.3 is 10.5 Å². The lowest BCUT2D eigenvalue weighted by atomic mass is 10.3. The summed E-state index contributed by atoms with van der Waals surface area (Å²) in [4.78, 5) is 3.37. The van der Waals surface area contributed by atoms with E-state index in [1.807, 2.05) is 0 Å². The molecule has 0 unspecified atom stereocenters. The van der Waals surface area contributed by atoms with Crippen LogP contribution in [0.2, 0.25) is 0 Å². The Labute approximate surface area is 71.1 Å². The van der Waals surface area contributed by atoms with Crippen molar-refractivity contribution in [1.29, 1.82) is 0 Å². The Bertz CT molecular complexity index is 471. The maximum absolute atomic E-state index is 7.48. The molecule has 3 nitrogen and oxygen atoms in total. The molecule has 0 aliphatic rings. The average Bonchev–Trinajstić information content (AvgIpc) is 2.16. The molecular weight excluding hydrogens is 128 g/mol. The van der Waals surface area contributed by atoms with Crippen molar-refractivity contribution in [3.8, 4) is 0 Å². The first-order valence-electron chi connectivity index (χ1n) is 6.39. The van der Waals surface area contributed by atoms with Gasteiger partial charge in [0.2, 0.25) is 0 Å². The number of ether oxygens (including phenoxy) is 1. The van der Waals surface area contributed by atoms with Crippen LogP contribution in [0.4, 0.5) is 5.69 Å². The highest BCUT2D eigenvalue weighted by atomic mass is 16.5. The second-order valence-electron chi connectivity index (χ2n) is 1.44. The van der Waals surface area contributed by atoms with E-state index in [-0.39, 0.29) is 5.69 Å². The van der Waals surface area contributed by atoms with Crippen LogP contribution in [0.5, 0.6) is 0 Å². The minimum absolute atomic E-state index is 0.381. The number of hydrogen-bond donors (Lipinski definition) is 1. The lowest BCUT2D eigenvalue weighted by Crippen LogP contribution is -1.93. The van der Waals surface area contributed by atoms with Crippen LogP contribution in [0.15, 0.2) is 18.3 Å². The molecule has 0 radical (unpaired) electrons. The number of pyridine rings is 1. The third-order valence-corrected chi connectivity index (χ3v) is 0.751. The summed E-state index contributed by atoms with van der Waals surface area (Å²) in [6.07, 6.45) is -0.607. The van der Waals surface area contributed by atoms with Gasteiger partial charge in [-0.1, -0.05) is 0 Å². The molecule has 0 fully saturated rings.